The largest absolute Gasteiger partial charge is 0.504 e. The highest BCUT2D eigenvalue weighted by atomic mass is 16.3. The van der Waals surface area contributed by atoms with Crippen molar-refractivity contribution in [2.24, 2.45) is 0 Å². The van der Waals surface area contributed by atoms with Crippen molar-refractivity contribution in [1.82, 2.24) is 0 Å². The molecule has 106 valence electrons. The Morgan fingerprint density at radius 3 is 2.35 bits per heavy atom. The van der Waals surface area contributed by atoms with E-state index in [0.29, 0.717) is 11.3 Å². The van der Waals surface area contributed by atoms with Gasteiger partial charge in [-0.3, -0.25) is 4.79 Å². The van der Waals surface area contributed by atoms with Crippen LogP contribution < -0.4 is 5.43 Å². The van der Waals surface area contributed by atoms with Crippen LogP contribution in [0.2, 0.25) is 0 Å². The van der Waals surface area contributed by atoms with Crippen LogP contribution in [0.25, 0.3) is 22.3 Å². The van der Waals surface area contributed by atoms with E-state index in [2.05, 4.69) is 0 Å². The molecule has 1 heterocycles. The minimum absolute atomic E-state index is 0. The molecule has 0 bridgehead atoms. The molecule has 0 aliphatic rings. The molecule has 0 saturated heterocycles. The first kappa shape index (κ1) is 12.1. The van der Waals surface area contributed by atoms with Gasteiger partial charge in [0.05, 0.1) is 0 Å². The van der Waals surface area contributed by atoms with Crippen molar-refractivity contribution < 1.29 is 24.0 Å². The molecular weight excluding hydrogens is 260 g/mol. The minimum atomic E-state index is -0.739. The summed E-state index contributed by atoms with van der Waals surface area (Å²) in [6.07, 6.45) is 0. The van der Waals surface area contributed by atoms with E-state index in [1.807, 2.05) is 6.07 Å². The summed E-state index contributed by atoms with van der Waals surface area (Å²) in [7, 11) is 0. The molecule has 1 aromatic heterocycles. The standard InChI is InChI=1S/C15H10O5.3H2/c16-9-6-11(8-4-2-1-3-5-8)20-12-7-10(17)14(18)15(19)13(9)12;;;/h1-7,17-19H;3*1H. The lowest BCUT2D eigenvalue weighted by Crippen LogP contribution is -2.00. The lowest BCUT2D eigenvalue weighted by Gasteiger charge is -2.06. The van der Waals surface area contributed by atoms with Crippen LogP contribution in [0.5, 0.6) is 17.2 Å². The number of hydrogen-bond donors (Lipinski definition) is 3. The predicted molar refractivity (Wildman–Crippen MR) is 79.3 cm³/mol. The van der Waals surface area contributed by atoms with Crippen LogP contribution in [0.4, 0.5) is 0 Å². The van der Waals surface area contributed by atoms with Gasteiger partial charge in [-0.15, -0.1) is 0 Å². The lowest BCUT2D eigenvalue weighted by atomic mass is 10.1. The number of aromatic hydroxyl groups is 3. The molecule has 3 N–H and O–H groups in total. The van der Waals surface area contributed by atoms with E-state index in [1.165, 1.54) is 6.07 Å². The van der Waals surface area contributed by atoms with Gasteiger partial charge in [0.25, 0.3) is 0 Å². The van der Waals surface area contributed by atoms with E-state index in [9.17, 15) is 20.1 Å². The van der Waals surface area contributed by atoms with Crippen molar-refractivity contribution in [2.75, 3.05) is 0 Å². The summed E-state index contributed by atoms with van der Waals surface area (Å²) in [4.78, 5) is 12.0. The number of hydrogen-bond acceptors (Lipinski definition) is 5. The Kier molecular flexibility index (Phi) is 2.61. The van der Waals surface area contributed by atoms with Crippen molar-refractivity contribution in [3.63, 3.8) is 0 Å². The van der Waals surface area contributed by atoms with Gasteiger partial charge in [0.15, 0.2) is 16.9 Å². The molecule has 0 aliphatic carbocycles. The van der Waals surface area contributed by atoms with Crippen LogP contribution in [0.1, 0.15) is 4.28 Å². The van der Waals surface area contributed by atoms with Crippen LogP contribution in [0, 0.1) is 0 Å². The van der Waals surface area contributed by atoms with Crippen LogP contribution >= 0.6 is 0 Å². The molecule has 0 aliphatic heterocycles. The van der Waals surface area contributed by atoms with E-state index in [0.717, 1.165) is 6.07 Å². The van der Waals surface area contributed by atoms with Gasteiger partial charge in [0.1, 0.15) is 16.7 Å². The molecule has 3 aromatic rings. The van der Waals surface area contributed by atoms with Crippen molar-refractivity contribution in [1.29, 1.82) is 0 Å². The number of phenolic OH excluding ortho intramolecular Hbond substituents is 3. The third-order valence-corrected chi connectivity index (χ3v) is 3.00. The molecule has 0 spiro atoms. The highest BCUT2D eigenvalue weighted by Crippen LogP contribution is 2.40. The molecule has 20 heavy (non-hydrogen) atoms. The Morgan fingerprint density at radius 1 is 0.950 bits per heavy atom. The van der Waals surface area contributed by atoms with E-state index >= 15 is 0 Å². The smallest absolute Gasteiger partial charge is 0.201 e. The Labute approximate surface area is 117 Å². The Hall–Kier alpha value is -2.95. The van der Waals surface area contributed by atoms with Gasteiger partial charge in [-0.25, -0.2) is 0 Å². The van der Waals surface area contributed by atoms with Crippen molar-refractivity contribution >= 4 is 11.0 Å². The summed E-state index contributed by atoms with van der Waals surface area (Å²) in [5.74, 6) is -1.67. The van der Waals surface area contributed by atoms with Crippen molar-refractivity contribution in [2.45, 2.75) is 0 Å². The number of rotatable bonds is 1. The number of phenols is 3. The Bertz CT molecular complexity index is 862. The average Bonchev–Trinajstić information content (AvgIpc) is 2.45. The molecule has 0 amide bonds. The van der Waals surface area contributed by atoms with Gasteiger partial charge in [0.2, 0.25) is 5.75 Å². The molecule has 5 nitrogen and oxygen atoms in total. The maximum atomic E-state index is 12.0. The monoisotopic (exact) mass is 276 g/mol. The van der Waals surface area contributed by atoms with Crippen molar-refractivity contribution in [3.8, 4) is 28.6 Å². The second kappa shape index (κ2) is 4.31. The zero-order valence-electron chi connectivity index (χ0n) is 10.2. The van der Waals surface area contributed by atoms with E-state index in [-0.39, 0.29) is 15.2 Å². The lowest BCUT2D eigenvalue weighted by molar-refractivity contribution is 0.370. The van der Waals surface area contributed by atoms with Gasteiger partial charge in [-0.2, -0.15) is 0 Å². The summed E-state index contributed by atoms with van der Waals surface area (Å²) < 4.78 is 5.51. The first-order valence-corrected chi connectivity index (χ1v) is 5.85. The van der Waals surface area contributed by atoms with Crippen molar-refractivity contribution in [3.05, 3.63) is 52.7 Å². The third kappa shape index (κ3) is 1.76. The Balaban J connectivity index is 0.00000161. The molecule has 5 heteroatoms. The molecule has 0 unspecified atom stereocenters. The molecule has 0 atom stereocenters. The first-order chi connectivity index (χ1) is 9.58. The fraction of sp³-hybridized carbons (Fsp3) is 0. The normalized spacial score (nSPS) is 10.8. The minimum Gasteiger partial charge on any atom is -0.504 e. The number of benzene rings is 2. The van der Waals surface area contributed by atoms with Gasteiger partial charge in [-0.1, -0.05) is 30.3 Å². The molecule has 0 radical (unpaired) electrons. The van der Waals surface area contributed by atoms with Gasteiger partial charge < -0.3 is 19.7 Å². The summed E-state index contributed by atoms with van der Waals surface area (Å²) in [6.45, 7) is 0. The average molecular weight is 276 g/mol. The SMILES string of the molecule is O=c1cc(-c2ccccc2)oc2cc(O)c(O)c(O)c12.[HH].[HH].[HH]. The predicted octanol–water partition coefficient (Wildman–Crippen LogP) is 3.31. The molecule has 2 aromatic carbocycles. The van der Waals surface area contributed by atoms with Crippen LogP contribution in [-0.4, -0.2) is 15.3 Å². The summed E-state index contributed by atoms with van der Waals surface area (Å²) >= 11 is 0. The van der Waals surface area contributed by atoms with Crippen LogP contribution in [0.3, 0.4) is 0 Å². The molecular formula is C15H16O5. The van der Waals surface area contributed by atoms with E-state index in [1.54, 1.807) is 24.3 Å². The zero-order valence-corrected chi connectivity index (χ0v) is 10.2. The fourth-order valence-electron chi connectivity index (χ4n) is 2.02. The van der Waals surface area contributed by atoms with Gasteiger partial charge >= 0.3 is 0 Å². The molecule has 0 fully saturated rings. The van der Waals surface area contributed by atoms with E-state index < -0.39 is 22.7 Å². The fourth-order valence-corrected chi connectivity index (χ4v) is 2.02. The number of fused-ring (bicyclic) bond motifs is 1. The quantitative estimate of drug-likeness (QED) is 0.593. The summed E-state index contributed by atoms with van der Waals surface area (Å²) in [6, 6.07) is 11.3. The third-order valence-electron chi connectivity index (χ3n) is 3.00. The van der Waals surface area contributed by atoms with Crippen LogP contribution in [-0.2, 0) is 0 Å². The topological polar surface area (TPSA) is 90.9 Å². The zero-order chi connectivity index (χ0) is 14.3. The summed E-state index contributed by atoms with van der Waals surface area (Å²) in [5, 5.41) is 28.5. The first-order valence-electron chi connectivity index (χ1n) is 5.85. The molecule has 0 saturated carbocycles. The maximum absolute atomic E-state index is 12.0. The Morgan fingerprint density at radius 2 is 1.65 bits per heavy atom. The second-order valence-corrected chi connectivity index (χ2v) is 4.31. The van der Waals surface area contributed by atoms with Gasteiger partial charge in [-0.05, 0) is 0 Å². The summed E-state index contributed by atoms with van der Waals surface area (Å²) in [5.41, 5.74) is 0.195. The van der Waals surface area contributed by atoms with Gasteiger partial charge in [0, 0.05) is 22.0 Å². The second-order valence-electron chi connectivity index (χ2n) is 4.31. The highest BCUT2D eigenvalue weighted by Gasteiger charge is 2.17. The highest BCUT2D eigenvalue weighted by molar-refractivity contribution is 5.89. The van der Waals surface area contributed by atoms with Crippen LogP contribution in [0.15, 0.2) is 51.7 Å². The van der Waals surface area contributed by atoms with E-state index in [4.69, 9.17) is 4.42 Å². The maximum Gasteiger partial charge on any atom is 0.201 e. The molecule has 3 rings (SSSR count).